The summed E-state index contributed by atoms with van der Waals surface area (Å²) in [4.78, 5) is 19.6. The first-order valence-corrected chi connectivity index (χ1v) is 17.0. The molecule has 3 aromatic heterocycles. The summed E-state index contributed by atoms with van der Waals surface area (Å²) in [5.74, 6) is 1.87. The molecule has 3 heterocycles. The van der Waals surface area contributed by atoms with Crippen LogP contribution in [-0.2, 0) is 0 Å². The van der Waals surface area contributed by atoms with E-state index in [9.17, 15) is 0 Å². The van der Waals surface area contributed by atoms with Crippen molar-refractivity contribution in [3.8, 4) is 56.4 Å². The molecule has 238 valence electrons. The lowest BCUT2D eigenvalue weighted by molar-refractivity contribution is 0.670. The molecule has 0 bridgehead atoms. The fourth-order valence-electron chi connectivity index (χ4n) is 7.01. The van der Waals surface area contributed by atoms with E-state index in [1.807, 2.05) is 79.0 Å². The zero-order chi connectivity index (χ0) is 33.7. The van der Waals surface area contributed by atoms with Crippen LogP contribution in [0.1, 0.15) is 0 Å². The van der Waals surface area contributed by atoms with E-state index in [1.54, 1.807) is 0 Å². The Morgan fingerprint density at radius 1 is 0.373 bits per heavy atom. The molecular weight excluding hydrogens is 625 g/mol. The number of furan rings is 1. The first kappa shape index (κ1) is 29.0. The van der Waals surface area contributed by atoms with Crippen molar-refractivity contribution < 1.29 is 4.42 Å². The van der Waals surface area contributed by atoms with Crippen LogP contribution in [0.5, 0.6) is 0 Å². The molecule has 10 aromatic rings. The summed E-state index contributed by atoms with van der Waals surface area (Å²) in [5.41, 5.74) is 9.65. The van der Waals surface area contributed by atoms with Crippen molar-refractivity contribution in [2.24, 2.45) is 0 Å². The van der Waals surface area contributed by atoms with Gasteiger partial charge in [0.15, 0.2) is 17.5 Å². The van der Waals surface area contributed by atoms with Crippen molar-refractivity contribution in [2.45, 2.75) is 0 Å². The van der Waals surface area contributed by atoms with Gasteiger partial charge in [0.2, 0.25) is 0 Å². The largest absolute Gasteiger partial charge is 0.455 e. The van der Waals surface area contributed by atoms with Gasteiger partial charge < -0.3 is 4.42 Å². The summed E-state index contributed by atoms with van der Waals surface area (Å²) in [7, 11) is 0. The molecule has 0 aliphatic heterocycles. The van der Waals surface area contributed by atoms with Crippen molar-refractivity contribution in [2.75, 3.05) is 0 Å². The molecule has 0 radical (unpaired) electrons. The van der Waals surface area contributed by atoms with Crippen LogP contribution < -0.4 is 0 Å². The number of benzene rings is 7. The Kier molecular flexibility index (Phi) is 6.74. The highest BCUT2D eigenvalue weighted by Crippen LogP contribution is 2.41. The summed E-state index contributed by atoms with van der Waals surface area (Å²) in [6.07, 6.45) is 1.95. The molecular formula is C46H28N4O. The summed E-state index contributed by atoms with van der Waals surface area (Å²) in [5, 5.41) is 5.59. The summed E-state index contributed by atoms with van der Waals surface area (Å²) in [6, 6.07) is 56.2. The van der Waals surface area contributed by atoms with Crippen LogP contribution in [0.4, 0.5) is 0 Å². The monoisotopic (exact) mass is 652 g/mol. The second-order valence-corrected chi connectivity index (χ2v) is 12.7. The standard InChI is InChI=1S/C46H28N4O/c1-3-12-29(13-4-1)44-48-45(30-14-5-2-6-15-30)50-46(49-44)33-18-11-17-32(24-33)38-26-35(27-40-37-20-9-10-21-42(37)51-43(38)40)31-22-23-41-39(25-31)36-19-8-7-16-34(36)28-47-41/h1-28H. The van der Waals surface area contributed by atoms with Gasteiger partial charge in [0.05, 0.1) is 5.52 Å². The first-order chi connectivity index (χ1) is 25.2. The number of hydrogen-bond donors (Lipinski definition) is 0. The number of rotatable bonds is 5. The lowest BCUT2D eigenvalue weighted by Crippen LogP contribution is -2.00. The van der Waals surface area contributed by atoms with Gasteiger partial charge in [-0.1, -0.05) is 127 Å². The van der Waals surface area contributed by atoms with E-state index in [0.717, 1.165) is 77.2 Å². The van der Waals surface area contributed by atoms with Crippen molar-refractivity contribution in [3.63, 3.8) is 0 Å². The highest BCUT2D eigenvalue weighted by molar-refractivity contribution is 6.12. The van der Waals surface area contributed by atoms with Crippen LogP contribution in [-0.4, -0.2) is 19.9 Å². The normalized spacial score (nSPS) is 11.5. The first-order valence-electron chi connectivity index (χ1n) is 17.0. The Morgan fingerprint density at radius 3 is 1.75 bits per heavy atom. The molecule has 0 fully saturated rings. The molecule has 0 unspecified atom stereocenters. The maximum absolute atomic E-state index is 6.60. The molecule has 0 saturated heterocycles. The number of nitrogens with zero attached hydrogens (tertiary/aromatic N) is 4. The Balaban J connectivity index is 1.17. The van der Waals surface area contributed by atoms with E-state index in [4.69, 9.17) is 24.4 Å². The van der Waals surface area contributed by atoms with Crippen LogP contribution >= 0.6 is 0 Å². The highest BCUT2D eigenvalue weighted by atomic mass is 16.3. The minimum absolute atomic E-state index is 0.607. The van der Waals surface area contributed by atoms with Gasteiger partial charge in [-0.3, -0.25) is 4.98 Å². The maximum atomic E-state index is 6.60. The number of hydrogen-bond acceptors (Lipinski definition) is 5. The zero-order valence-electron chi connectivity index (χ0n) is 27.4. The summed E-state index contributed by atoms with van der Waals surface area (Å²) in [6.45, 7) is 0. The average molecular weight is 653 g/mol. The fourth-order valence-corrected chi connectivity index (χ4v) is 7.01. The SMILES string of the molecule is c1ccc(-c2nc(-c3ccccc3)nc(-c3cccc(-c4cc(-c5ccc6ncc7ccccc7c6c5)cc5c4oc4ccccc45)c3)n2)cc1. The fraction of sp³-hybridized carbons (Fsp3) is 0. The predicted molar refractivity (Wildman–Crippen MR) is 207 cm³/mol. The molecule has 0 spiro atoms. The predicted octanol–water partition coefficient (Wildman–Crippen LogP) is 11.8. The zero-order valence-corrected chi connectivity index (χ0v) is 27.4. The quantitative estimate of drug-likeness (QED) is 0.173. The number of pyridine rings is 1. The van der Waals surface area contributed by atoms with E-state index in [0.29, 0.717) is 17.5 Å². The number of fused-ring (bicyclic) bond motifs is 6. The molecule has 0 aliphatic rings. The second-order valence-electron chi connectivity index (χ2n) is 12.7. The molecule has 5 heteroatoms. The maximum Gasteiger partial charge on any atom is 0.164 e. The van der Waals surface area contributed by atoms with Crippen LogP contribution in [0, 0.1) is 0 Å². The Bertz CT molecular complexity index is 2860. The van der Waals surface area contributed by atoms with Gasteiger partial charge in [0, 0.05) is 50.0 Å². The molecule has 0 aliphatic carbocycles. The minimum atomic E-state index is 0.607. The third-order valence-corrected chi connectivity index (χ3v) is 9.53. The molecule has 0 amide bonds. The molecule has 10 rings (SSSR count). The van der Waals surface area contributed by atoms with Crippen LogP contribution in [0.3, 0.4) is 0 Å². The third-order valence-electron chi connectivity index (χ3n) is 9.53. The van der Waals surface area contributed by atoms with E-state index in [1.165, 1.54) is 5.39 Å². The lowest BCUT2D eigenvalue weighted by atomic mass is 9.94. The summed E-state index contributed by atoms with van der Waals surface area (Å²) >= 11 is 0. The molecule has 7 aromatic carbocycles. The summed E-state index contributed by atoms with van der Waals surface area (Å²) < 4.78 is 6.60. The Labute approximate surface area is 293 Å². The van der Waals surface area contributed by atoms with Crippen LogP contribution in [0.2, 0.25) is 0 Å². The van der Waals surface area contributed by atoms with E-state index in [-0.39, 0.29) is 0 Å². The second kappa shape index (κ2) is 11.9. The van der Waals surface area contributed by atoms with Gasteiger partial charge in [0.25, 0.3) is 0 Å². The van der Waals surface area contributed by atoms with E-state index < -0.39 is 0 Å². The Morgan fingerprint density at radius 2 is 0.980 bits per heavy atom. The van der Waals surface area contributed by atoms with E-state index >= 15 is 0 Å². The molecule has 5 nitrogen and oxygen atoms in total. The molecule has 51 heavy (non-hydrogen) atoms. The molecule has 0 N–H and O–H groups in total. The topological polar surface area (TPSA) is 64.7 Å². The third kappa shape index (κ3) is 5.11. The van der Waals surface area contributed by atoms with Crippen molar-refractivity contribution in [1.29, 1.82) is 0 Å². The van der Waals surface area contributed by atoms with Gasteiger partial charge in [-0.05, 0) is 58.5 Å². The minimum Gasteiger partial charge on any atom is -0.455 e. The van der Waals surface area contributed by atoms with Crippen molar-refractivity contribution >= 4 is 43.6 Å². The number of aromatic nitrogens is 4. The van der Waals surface area contributed by atoms with Crippen LogP contribution in [0.25, 0.3) is 100 Å². The lowest BCUT2D eigenvalue weighted by Gasteiger charge is -2.12. The van der Waals surface area contributed by atoms with Gasteiger partial charge in [0.1, 0.15) is 11.2 Å². The van der Waals surface area contributed by atoms with Gasteiger partial charge in [-0.25, -0.2) is 15.0 Å². The smallest absolute Gasteiger partial charge is 0.164 e. The van der Waals surface area contributed by atoms with Crippen molar-refractivity contribution in [1.82, 2.24) is 19.9 Å². The number of para-hydroxylation sites is 1. The van der Waals surface area contributed by atoms with Gasteiger partial charge in [-0.2, -0.15) is 0 Å². The van der Waals surface area contributed by atoms with Crippen LogP contribution in [0.15, 0.2) is 174 Å². The van der Waals surface area contributed by atoms with E-state index in [2.05, 4.69) is 91.0 Å². The van der Waals surface area contributed by atoms with Gasteiger partial charge in [-0.15, -0.1) is 0 Å². The molecule has 0 saturated carbocycles. The molecule has 0 atom stereocenters. The Hall–Kier alpha value is -6.98. The highest BCUT2D eigenvalue weighted by Gasteiger charge is 2.18. The van der Waals surface area contributed by atoms with Crippen molar-refractivity contribution in [3.05, 3.63) is 170 Å². The van der Waals surface area contributed by atoms with Gasteiger partial charge >= 0.3 is 0 Å². The average Bonchev–Trinajstić information content (AvgIpc) is 3.59.